The van der Waals surface area contributed by atoms with Crippen LogP contribution in [0.4, 0.5) is 0 Å². The number of hydrogen-bond donors (Lipinski definition) is 1. The summed E-state index contributed by atoms with van der Waals surface area (Å²) in [5, 5.41) is 6.13. The van der Waals surface area contributed by atoms with Crippen LogP contribution in [0, 0.1) is 0 Å². The molecule has 0 aliphatic carbocycles. The Kier molecular flexibility index (Phi) is 3.87. The number of thioether (sulfide) groups is 2. The van der Waals surface area contributed by atoms with E-state index in [9.17, 15) is 0 Å². The lowest BCUT2D eigenvalue weighted by Crippen LogP contribution is -2.33. The fourth-order valence-electron chi connectivity index (χ4n) is 1.82. The van der Waals surface area contributed by atoms with Crippen molar-refractivity contribution in [3.8, 4) is 0 Å². The Labute approximate surface area is 106 Å². The van der Waals surface area contributed by atoms with E-state index < -0.39 is 0 Å². The molecule has 90 valence electrons. The fraction of sp³-hybridized carbons (Fsp3) is 0.727. The number of rotatable bonds is 2. The molecule has 0 saturated carbocycles. The van der Waals surface area contributed by atoms with Crippen LogP contribution in [-0.4, -0.2) is 31.3 Å². The van der Waals surface area contributed by atoms with Crippen LogP contribution in [0.15, 0.2) is 12.4 Å². The topological polar surface area (TPSA) is 43.8 Å². The molecular formula is C11H19N3S2. The summed E-state index contributed by atoms with van der Waals surface area (Å²) in [4.78, 5) is 0. The van der Waals surface area contributed by atoms with Crippen molar-refractivity contribution in [1.29, 1.82) is 0 Å². The van der Waals surface area contributed by atoms with E-state index in [0.717, 1.165) is 16.6 Å². The Morgan fingerprint density at radius 2 is 2.25 bits per heavy atom. The third kappa shape index (κ3) is 2.57. The first-order valence-electron chi connectivity index (χ1n) is 5.59. The van der Waals surface area contributed by atoms with Gasteiger partial charge in [0.15, 0.2) is 0 Å². The SMILES string of the molecule is CC1SCC(C(N)c2cnn(C)c2)SC1C. The maximum atomic E-state index is 6.30. The molecule has 3 nitrogen and oxygen atoms in total. The van der Waals surface area contributed by atoms with E-state index in [1.165, 1.54) is 0 Å². The molecule has 5 heteroatoms. The smallest absolute Gasteiger partial charge is 0.0537 e. The molecule has 4 atom stereocenters. The number of nitrogens with zero attached hydrogens (tertiary/aromatic N) is 2. The summed E-state index contributed by atoms with van der Waals surface area (Å²) >= 11 is 4.06. The molecule has 0 aromatic carbocycles. The molecule has 1 aliphatic rings. The van der Waals surface area contributed by atoms with Crippen LogP contribution in [0.25, 0.3) is 0 Å². The quantitative estimate of drug-likeness (QED) is 0.880. The van der Waals surface area contributed by atoms with E-state index in [1.54, 1.807) is 0 Å². The zero-order valence-corrected chi connectivity index (χ0v) is 11.6. The van der Waals surface area contributed by atoms with Gasteiger partial charge >= 0.3 is 0 Å². The van der Waals surface area contributed by atoms with Crippen molar-refractivity contribution in [1.82, 2.24) is 9.78 Å². The first kappa shape index (κ1) is 12.3. The van der Waals surface area contributed by atoms with Crippen molar-refractivity contribution < 1.29 is 0 Å². The first-order chi connectivity index (χ1) is 7.58. The highest BCUT2D eigenvalue weighted by molar-refractivity contribution is 8.07. The summed E-state index contributed by atoms with van der Waals surface area (Å²) < 4.78 is 1.82. The molecule has 2 N–H and O–H groups in total. The van der Waals surface area contributed by atoms with E-state index in [4.69, 9.17) is 5.73 Å². The van der Waals surface area contributed by atoms with Gasteiger partial charge in [-0.2, -0.15) is 28.6 Å². The van der Waals surface area contributed by atoms with Crippen molar-refractivity contribution in [2.75, 3.05) is 5.75 Å². The Hall–Kier alpha value is -0.130. The van der Waals surface area contributed by atoms with Crippen LogP contribution in [-0.2, 0) is 7.05 Å². The molecule has 1 aromatic heterocycles. The lowest BCUT2D eigenvalue weighted by Gasteiger charge is -2.34. The van der Waals surface area contributed by atoms with Crippen molar-refractivity contribution in [3.05, 3.63) is 18.0 Å². The summed E-state index contributed by atoms with van der Waals surface area (Å²) in [6.07, 6.45) is 3.91. The largest absolute Gasteiger partial charge is 0.323 e. The van der Waals surface area contributed by atoms with Crippen LogP contribution < -0.4 is 5.73 Å². The molecule has 0 radical (unpaired) electrons. The highest BCUT2D eigenvalue weighted by Gasteiger charge is 2.30. The minimum Gasteiger partial charge on any atom is -0.323 e. The fourth-order valence-corrected chi connectivity index (χ4v) is 4.87. The summed E-state index contributed by atoms with van der Waals surface area (Å²) in [7, 11) is 1.93. The number of aryl methyl sites for hydroxylation is 1. The van der Waals surface area contributed by atoms with Crippen LogP contribution in [0.5, 0.6) is 0 Å². The van der Waals surface area contributed by atoms with Crippen LogP contribution in [0.3, 0.4) is 0 Å². The average Bonchev–Trinajstić information content (AvgIpc) is 2.68. The van der Waals surface area contributed by atoms with Crippen molar-refractivity contribution in [2.24, 2.45) is 12.8 Å². The van der Waals surface area contributed by atoms with E-state index in [1.807, 2.05) is 47.6 Å². The molecule has 2 heterocycles. The van der Waals surface area contributed by atoms with Crippen LogP contribution >= 0.6 is 23.5 Å². The predicted octanol–water partition coefficient (Wildman–Crippen LogP) is 2.05. The second-order valence-electron chi connectivity index (χ2n) is 4.39. The number of nitrogens with two attached hydrogens (primary N) is 1. The zero-order valence-electron chi connectivity index (χ0n) is 9.96. The standard InChI is InChI=1S/C11H19N3S2/c1-7-8(2)16-10(6-15-7)11(12)9-4-13-14(3)5-9/h4-5,7-8,10-11H,6,12H2,1-3H3. The molecule has 1 aromatic rings. The summed E-state index contributed by atoms with van der Waals surface area (Å²) in [6, 6.07) is 0.112. The van der Waals surface area contributed by atoms with Crippen molar-refractivity contribution >= 4 is 23.5 Å². The highest BCUT2D eigenvalue weighted by atomic mass is 32.2. The van der Waals surface area contributed by atoms with Crippen molar-refractivity contribution in [2.45, 2.75) is 35.6 Å². The summed E-state index contributed by atoms with van der Waals surface area (Å²) in [6.45, 7) is 4.60. The molecule has 2 rings (SSSR count). The molecule has 0 spiro atoms. The van der Waals surface area contributed by atoms with E-state index in [-0.39, 0.29) is 6.04 Å². The number of aromatic nitrogens is 2. The van der Waals surface area contributed by atoms with Gasteiger partial charge in [0.25, 0.3) is 0 Å². The highest BCUT2D eigenvalue weighted by Crippen LogP contribution is 2.39. The second-order valence-corrected chi connectivity index (χ2v) is 7.42. The molecule has 1 fully saturated rings. The van der Waals surface area contributed by atoms with Gasteiger partial charge in [-0.15, -0.1) is 0 Å². The summed E-state index contributed by atoms with van der Waals surface area (Å²) in [5.41, 5.74) is 7.46. The molecule has 0 amide bonds. The van der Waals surface area contributed by atoms with Gasteiger partial charge in [-0.3, -0.25) is 4.68 Å². The maximum absolute atomic E-state index is 6.30. The lowest BCUT2D eigenvalue weighted by atomic mass is 10.1. The van der Waals surface area contributed by atoms with Gasteiger partial charge in [0.05, 0.1) is 6.20 Å². The molecule has 0 bridgehead atoms. The van der Waals surface area contributed by atoms with Gasteiger partial charge in [-0.05, 0) is 0 Å². The van der Waals surface area contributed by atoms with Gasteiger partial charge in [-0.25, -0.2) is 0 Å². The first-order valence-corrected chi connectivity index (χ1v) is 7.58. The zero-order chi connectivity index (χ0) is 11.7. The monoisotopic (exact) mass is 257 g/mol. The summed E-state index contributed by atoms with van der Waals surface area (Å²) in [5.74, 6) is 1.15. The van der Waals surface area contributed by atoms with E-state index in [0.29, 0.717) is 10.5 Å². The van der Waals surface area contributed by atoms with E-state index in [2.05, 4.69) is 18.9 Å². The molecule has 1 saturated heterocycles. The predicted molar refractivity (Wildman–Crippen MR) is 72.9 cm³/mol. The third-order valence-electron chi connectivity index (χ3n) is 3.08. The molecule has 4 unspecified atom stereocenters. The van der Waals surface area contributed by atoms with Gasteiger partial charge in [0.1, 0.15) is 0 Å². The minimum atomic E-state index is 0.112. The normalized spacial score (nSPS) is 32.6. The Balaban J connectivity index is 2.02. The van der Waals surface area contributed by atoms with Crippen LogP contribution in [0.1, 0.15) is 25.5 Å². The number of hydrogen-bond acceptors (Lipinski definition) is 4. The average molecular weight is 257 g/mol. The molecule has 16 heavy (non-hydrogen) atoms. The second kappa shape index (κ2) is 5.02. The Morgan fingerprint density at radius 1 is 1.50 bits per heavy atom. The molecular weight excluding hydrogens is 238 g/mol. The van der Waals surface area contributed by atoms with Gasteiger partial charge in [0.2, 0.25) is 0 Å². The minimum absolute atomic E-state index is 0.112. The maximum Gasteiger partial charge on any atom is 0.0537 e. The van der Waals surface area contributed by atoms with Crippen molar-refractivity contribution in [3.63, 3.8) is 0 Å². The third-order valence-corrected chi connectivity index (χ3v) is 6.60. The molecule has 1 aliphatic heterocycles. The Morgan fingerprint density at radius 3 is 2.81 bits per heavy atom. The van der Waals surface area contributed by atoms with E-state index >= 15 is 0 Å². The van der Waals surface area contributed by atoms with Gasteiger partial charge in [-0.1, -0.05) is 13.8 Å². The van der Waals surface area contributed by atoms with Gasteiger partial charge < -0.3 is 5.73 Å². The van der Waals surface area contributed by atoms with Crippen LogP contribution in [0.2, 0.25) is 0 Å². The Bertz CT molecular complexity index is 353. The van der Waals surface area contributed by atoms with Gasteiger partial charge in [0, 0.05) is 46.4 Å². The lowest BCUT2D eigenvalue weighted by molar-refractivity contribution is 0.704.